The van der Waals surface area contributed by atoms with Crippen LogP contribution in [0, 0.1) is 18.6 Å². The van der Waals surface area contributed by atoms with Crippen molar-refractivity contribution in [1.29, 1.82) is 0 Å². The molecule has 2 aromatic rings. The van der Waals surface area contributed by atoms with Crippen LogP contribution < -0.4 is 10.1 Å². The Labute approximate surface area is 122 Å². The zero-order chi connectivity index (χ0) is 15.4. The van der Waals surface area contributed by atoms with Gasteiger partial charge < -0.3 is 10.1 Å². The number of nitrogens with zero attached hydrogens (tertiary/aromatic N) is 2. The molecule has 1 N–H and O–H groups in total. The Morgan fingerprint density at radius 1 is 1.19 bits per heavy atom. The van der Waals surface area contributed by atoms with Crippen molar-refractivity contribution in [3.63, 3.8) is 0 Å². The highest BCUT2D eigenvalue weighted by atomic mass is 19.1. The minimum atomic E-state index is -0.641. The Balaban J connectivity index is 2.43. The van der Waals surface area contributed by atoms with E-state index in [0.29, 0.717) is 30.2 Å². The maximum Gasteiger partial charge on any atom is 0.227 e. The number of ether oxygens (including phenoxy) is 1. The smallest absolute Gasteiger partial charge is 0.227 e. The van der Waals surface area contributed by atoms with Gasteiger partial charge in [0.05, 0.1) is 5.56 Å². The largest absolute Gasteiger partial charge is 0.435 e. The fourth-order valence-electron chi connectivity index (χ4n) is 1.80. The van der Waals surface area contributed by atoms with Gasteiger partial charge in [-0.15, -0.1) is 0 Å². The summed E-state index contributed by atoms with van der Waals surface area (Å²) in [5.74, 6) is 0.0290. The second-order valence-electron chi connectivity index (χ2n) is 4.48. The van der Waals surface area contributed by atoms with Crippen molar-refractivity contribution < 1.29 is 13.5 Å². The molecule has 2 rings (SSSR count). The summed E-state index contributed by atoms with van der Waals surface area (Å²) in [6, 6.07) is 3.05. The SMILES string of the molecule is CCNc1nc(CC)nc(Oc2cc(F)ccc2F)c1C. The van der Waals surface area contributed by atoms with E-state index >= 15 is 0 Å². The fraction of sp³-hybridized carbons (Fsp3) is 0.333. The van der Waals surface area contributed by atoms with Crippen molar-refractivity contribution >= 4 is 5.82 Å². The predicted molar refractivity (Wildman–Crippen MR) is 76.7 cm³/mol. The molecule has 1 heterocycles. The first-order valence-corrected chi connectivity index (χ1v) is 6.79. The molecule has 0 fully saturated rings. The number of rotatable bonds is 5. The third-order valence-corrected chi connectivity index (χ3v) is 2.91. The van der Waals surface area contributed by atoms with E-state index in [1.807, 2.05) is 13.8 Å². The number of halogens is 2. The molecule has 1 aromatic heterocycles. The number of nitrogens with one attached hydrogen (secondary N) is 1. The maximum atomic E-state index is 13.7. The topological polar surface area (TPSA) is 47.0 Å². The van der Waals surface area contributed by atoms with Gasteiger partial charge in [-0.25, -0.2) is 13.8 Å². The molecule has 0 aliphatic rings. The summed E-state index contributed by atoms with van der Waals surface area (Å²) >= 11 is 0. The molecular formula is C15H17F2N3O. The molecule has 0 amide bonds. The van der Waals surface area contributed by atoms with E-state index in [9.17, 15) is 8.78 Å². The molecule has 6 heteroatoms. The summed E-state index contributed by atoms with van der Waals surface area (Å²) in [6.07, 6.45) is 0.612. The summed E-state index contributed by atoms with van der Waals surface area (Å²) in [7, 11) is 0. The van der Waals surface area contributed by atoms with Crippen LogP contribution in [0.5, 0.6) is 11.6 Å². The molecule has 0 aliphatic carbocycles. The number of anilines is 1. The molecule has 4 nitrogen and oxygen atoms in total. The van der Waals surface area contributed by atoms with Crippen molar-refractivity contribution in [3.05, 3.63) is 41.2 Å². The second kappa shape index (κ2) is 6.47. The number of benzene rings is 1. The lowest BCUT2D eigenvalue weighted by molar-refractivity contribution is 0.417. The van der Waals surface area contributed by atoms with Crippen LogP contribution in [0.1, 0.15) is 25.2 Å². The van der Waals surface area contributed by atoms with Gasteiger partial charge in [-0.2, -0.15) is 4.98 Å². The first-order valence-electron chi connectivity index (χ1n) is 6.79. The molecule has 0 bridgehead atoms. The first-order chi connectivity index (χ1) is 10.0. The van der Waals surface area contributed by atoms with Gasteiger partial charge in [-0.3, -0.25) is 0 Å². The minimum Gasteiger partial charge on any atom is -0.435 e. The van der Waals surface area contributed by atoms with Crippen LogP contribution >= 0.6 is 0 Å². The minimum absolute atomic E-state index is 0.193. The summed E-state index contributed by atoms with van der Waals surface area (Å²) in [5.41, 5.74) is 0.651. The summed E-state index contributed by atoms with van der Waals surface area (Å²) in [6.45, 7) is 6.31. The zero-order valence-corrected chi connectivity index (χ0v) is 12.2. The Kier molecular flexibility index (Phi) is 4.67. The number of hydrogen-bond donors (Lipinski definition) is 1. The summed E-state index contributed by atoms with van der Waals surface area (Å²) in [4.78, 5) is 8.59. The van der Waals surface area contributed by atoms with Gasteiger partial charge in [0, 0.05) is 19.0 Å². The highest BCUT2D eigenvalue weighted by molar-refractivity contribution is 5.49. The Morgan fingerprint density at radius 3 is 2.62 bits per heavy atom. The highest BCUT2D eigenvalue weighted by Crippen LogP contribution is 2.29. The van der Waals surface area contributed by atoms with Gasteiger partial charge in [0.2, 0.25) is 5.88 Å². The van der Waals surface area contributed by atoms with Gasteiger partial charge in [0.25, 0.3) is 0 Å². The van der Waals surface area contributed by atoms with Crippen molar-refractivity contribution in [2.24, 2.45) is 0 Å². The standard InChI is InChI=1S/C15H17F2N3O/c1-4-13-19-14(18-5-2)9(3)15(20-13)21-12-8-10(16)6-7-11(12)17/h6-8H,4-5H2,1-3H3,(H,18,19,20). The van der Waals surface area contributed by atoms with E-state index < -0.39 is 11.6 Å². The first kappa shape index (κ1) is 15.2. The van der Waals surface area contributed by atoms with E-state index in [4.69, 9.17) is 4.74 Å². The van der Waals surface area contributed by atoms with E-state index in [1.54, 1.807) is 6.92 Å². The molecule has 21 heavy (non-hydrogen) atoms. The summed E-state index contributed by atoms with van der Waals surface area (Å²) in [5, 5.41) is 3.10. The quantitative estimate of drug-likeness (QED) is 0.909. The Bertz CT molecular complexity index is 647. The molecule has 0 aliphatic heterocycles. The van der Waals surface area contributed by atoms with Crippen molar-refractivity contribution in [3.8, 4) is 11.6 Å². The average molecular weight is 293 g/mol. The molecule has 0 saturated heterocycles. The zero-order valence-electron chi connectivity index (χ0n) is 12.2. The van der Waals surface area contributed by atoms with E-state index in [2.05, 4.69) is 15.3 Å². The van der Waals surface area contributed by atoms with Crippen molar-refractivity contribution in [2.75, 3.05) is 11.9 Å². The van der Waals surface area contributed by atoms with E-state index in [-0.39, 0.29) is 11.6 Å². The Hall–Kier alpha value is -2.24. The van der Waals surface area contributed by atoms with Gasteiger partial charge in [-0.1, -0.05) is 6.92 Å². The highest BCUT2D eigenvalue weighted by Gasteiger charge is 2.14. The van der Waals surface area contributed by atoms with Gasteiger partial charge in [-0.05, 0) is 26.0 Å². The lowest BCUT2D eigenvalue weighted by atomic mass is 10.3. The maximum absolute atomic E-state index is 13.7. The predicted octanol–water partition coefficient (Wildman–Crippen LogP) is 3.85. The van der Waals surface area contributed by atoms with Gasteiger partial charge in [0.15, 0.2) is 11.6 Å². The molecule has 0 atom stereocenters. The molecule has 112 valence electrons. The van der Waals surface area contributed by atoms with E-state index in [1.165, 1.54) is 0 Å². The van der Waals surface area contributed by atoms with Crippen LogP contribution in [0.15, 0.2) is 18.2 Å². The molecule has 0 saturated carbocycles. The number of hydrogen-bond acceptors (Lipinski definition) is 4. The van der Waals surface area contributed by atoms with Crippen LogP contribution in [0.4, 0.5) is 14.6 Å². The van der Waals surface area contributed by atoms with E-state index in [0.717, 1.165) is 18.2 Å². The van der Waals surface area contributed by atoms with Gasteiger partial charge in [0.1, 0.15) is 17.5 Å². The lowest BCUT2D eigenvalue weighted by Gasteiger charge is -2.13. The van der Waals surface area contributed by atoms with Gasteiger partial charge >= 0.3 is 0 Å². The van der Waals surface area contributed by atoms with Crippen molar-refractivity contribution in [1.82, 2.24) is 9.97 Å². The van der Waals surface area contributed by atoms with Crippen LogP contribution in [0.2, 0.25) is 0 Å². The summed E-state index contributed by atoms with van der Waals surface area (Å²) < 4.78 is 32.3. The molecule has 0 spiro atoms. The average Bonchev–Trinajstić information content (AvgIpc) is 2.47. The van der Waals surface area contributed by atoms with Crippen LogP contribution in [0.3, 0.4) is 0 Å². The normalized spacial score (nSPS) is 10.5. The lowest BCUT2D eigenvalue weighted by Crippen LogP contribution is -2.07. The molecule has 0 radical (unpaired) electrons. The third-order valence-electron chi connectivity index (χ3n) is 2.91. The molecule has 1 aromatic carbocycles. The number of aryl methyl sites for hydroxylation is 1. The van der Waals surface area contributed by atoms with Crippen LogP contribution in [-0.4, -0.2) is 16.5 Å². The van der Waals surface area contributed by atoms with Crippen LogP contribution in [0.25, 0.3) is 0 Å². The van der Waals surface area contributed by atoms with Crippen molar-refractivity contribution in [2.45, 2.75) is 27.2 Å². The second-order valence-corrected chi connectivity index (χ2v) is 4.48. The monoisotopic (exact) mass is 293 g/mol. The fourth-order valence-corrected chi connectivity index (χ4v) is 1.80. The van der Waals surface area contributed by atoms with Crippen LogP contribution in [-0.2, 0) is 6.42 Å². The Morgan fingerprint density at radius 2 is 1.95 bits per heavy atom. The number of aromatic nitrogens is 2. The third kappa shape index (κ3) is 3.45. The molecule has 0 unspecified atom stereocenters. The molecular weight excluding hydrogens is 276 g/mol.